The van der Waals surface area contributed by atoms with Gasteiger partial charge in [-0.3, -0.25) is 0 Å². The summed E-state index contributed by atoms with van der Waals surface area (Å²) in [5.74, 6) is -2.17. The van der Waals surface area contributed by atoms with E-state index in [1.807, 2.05) is 31.2 Å². The summed E-state index contributed by atoms with van der Waals surface area (Å²) in [7, 11) is -3.98. The Labute approximate surface area is 150 Å². The van der Waals surface area contributed by atoms with Crippen LogP contribution in [0.1, 0.15) is 23.1 Å². The Morgan fingerprint density at radius 1 is 1.04 bits per heavy atom. The predicted molar refractivity (Wildman–Crippen MR) is 96.2 cm³/mol. The Morgan fingerprint density at radius 3 is 2.24 bits per heavy atom. The average Bonchev–Trinajstić information content (AvgIpc) is 2.97. The van der Waals surface area contributed by atoms with E-state index in [4.69, 9.17) is 11.6 Å². The summed E-state index contributed by atoms with van der Waals surface area (Å²) in [5.41, 5.74) is 3.63. The van der Waals surface area contributed by atoms with Crippen molar-refractivity contribution in [3.05, 3.63) is 75.8 Å². The van der Waals surface area contributed by atoms with Crippen molar-refractivity contribution in [3.8, 4) is 0 Å². The van der Waals surface area contributed by atoms with E-state index < -0.39 is 26.4 Å². The van der Waals surface area contributed by atoms with E-state index in [1.54, 1.807) is 6.07 Å². The molecular formula is C19H15ClF2O2S. The Hall–Kier alpha value is -1.98. The number of rotatable bonds is 3. The molecule has 0 amide bonds. The Balaban J connectivity index is 2.16. The van der Waals surface area contributed by atoms with Gasteiger partial charge in [0.2, 0.25) is 0 Å². The van der Waals surface area contributed by atoms with Crippen LogP contribution in [0.3, 0.4) is 0 Å². The summed E-state index contributed by atoms with van der Waals surface area (Å²) >= 11 is 6.17. The van der Waals surface area contributed by atoms with Crippen LogP contribution in [-0.2, 0) is 9.84 Å². The van der Waals surface area contributed by atoms with Crippen LogP contribution in [-0.4, -0.2) is 14.7 Å². The van der Waals surface area contributed by atoms with Crippen LogP contribution >= 0.6 is 11.6 Å². The fraction of sp³-hybridized carbons (Fsp3) is 0.158. The molecule has 0 bridgehead atoms. The molecule has 2 aromatic rings. The van der Waals surface area contributed by atoms with Crippen molar-refractivity contribution in [1.29, 1.82) is 0 Å². The van der Waals surface area contributed by atoms with Gasteiger partial charge in [-0.25, -0.2) is 17.2 Å². The maximum absolute atomic E-state index is 14.2. The van der Waals surface area contributed by atoms with E-state index in [1.165, 1.54) is 0 Å². The lowest BCUT2D eigenvalue weighted by Gasteiger charge is -2.11. The molecule has 0 unspecified atom stereocenters. The molecule has 0 atom stereocenters. The molecule has 6 heteroatoms. The lowest BCUT2D eigenvalue weighted by atomic mass is 9.96. The molecule has 0 saturated heterocycles. The molecule has 130 valence electrons. The lowest BCUT2D eigenvalue weighted by molar-refractivity contribution is 0.520. The molecule has 2 aromatic carbocycles. The van der Waals surface area contributed by atoms with Gasteiger partial charge in [-0.2, -0.15) is 0 Å². The maximum Gasteiger partial charge on any atom is 0.181 e. The monoisotopic (exact) mass is 380 g/mol. The van der Waals surface area contributed by atoms with E-state index in [-0.39, 0.29) is 0 Å². The van der Waals surface area contributed by atoms with Crippen molar-refractivity contribution < 1.29 is 17.2 Å². The molecule has 0 spiro atoms. The summed E-state index contributed by atoms with van der Waals surface area (Å²) < 4.78 is 51.5. The minimum absolute atomic E-state index is 0.319. The van der Waals surface area contributed by atoms with Crippen molar-refractivity contribution in [3.63, 3.8) is 0 Å². The van der Waals surface area contributed by atoms with Crippen LogP contribution in [0.15, 0.2) is 47.4 Å². The van der Waals surface area contributed by atoms with E-state index >= 15 is 0 Å². The second-order valence-electron chi connectivity index (χ2n) is 6.00. The van der Waals surface area contributed by atoms with Gasteiger partial charge in [0.15, 0.2) is 9.84 Å². The Morgan fingerprint density at radius 2 is 1.68 bits per heavy atom. The molecule has 0 aromatic heterocycles. The number of hydrogen-bond acceptors (Lipinski definition) is 2. The van der Waals surface area contributed by atoms with Crippen molar-refractivity contribution >= 4 is 32.6 Å². The van der Waals surface area contributed by atoms with Gasteiger partial charge in [0, 0.05) is 11.3 Å². The summed E-state index contributed by atoms with van der Waals surface area (Å²) in [6.07, 6.45) is 5.04. The first-order valence-corrected chi connectivity index (χ1v) is 9.81. The number of hydrogen-bond donors (Lipinski definition) is 0. The van der Waals surface area contributed by atoms with Crippen LogP contribution in [0.2, 0.25) is 5.02 Å². The molecule has 2 nitrogen and oxygen atoms in total. The Kier molecular flexibility index (Phi) is 4.56. The zero-order valence-electron chi connectivity index (χ0n) is 13.6. The van der Waals surface area contributed by atoms with Gasteiger partial charge in [-0.1, -0.05) is 35.9 Å². The summed E-state index contributed by atoms with van der Waals surface area (Å²) in [6.45, 7) is 1.89. The van der Waals surface area contributed by atoms with Gasteiger partial charge < -0.3 is 0 Å². The van der Waals surface area contributed by atoms with Crippen LogP contribution in [0.5, 0.6) is 0 Å². The van der Waals surface area contributed by atoms with E-state index in [0.29, 0.717) is 17.0 Å². The van der Waals surface area contributed by atoms with Crippen molar-refractivity contribution in [2.75, 3.05) is 6.26 Å². The largest absolute Gasteiger partial charge is 0.224 e. The normalized spacial score (nSPS) is 14.4. The number of allylic oxidation sites excluding steroid dienone is 4. The van der Waals surface area contributed by atoms with Gasteiger partial charge in [-0.05, 0) is 59.4 Å². The lowest BCUT2D eigenvalue weighted by Crippen LogP contribution is -2.05. The van der Waals surface area contributed by atoms with Crippen molar-refractivity contribution in [2.45, 2.75) is 18.2 Å². The SMILES string of the molecule is Cc1ccc(C2=C(c3cc(F)c(S(C)(=O)=O)c(F)c3)CC=C2)cc1Cl. The van der Waals surface area contributed by atoms with Gasteiger partial charge in [-0.15, -0.1) is 0 Å². The van der Waals surface area contributed by atoms with Gasteiger partial charge in [0.1, 0.15) is 16.5 Å². The average molecular weight is 381 g/mol. The van der Waals surface area contributed by atoms with Crippen LogP contribution in [0.25, 0.3) is 11.1 Å². The number of aryl methyl sites for hydroxylation is 1. The predicted octanol–water partition coefficient (Wildman–Crippen LogP) is 5.20. The summed E-state index contributed by atoms with van der Waals surface area (Å²) in [6, 6.07) is 7.71. The van der Waals surface area contributed by atoms with Gasteiger partial charge in [0.05, 0.1) is 0 Å². The van der Waals surface area contributed by atoms with Crippen molar-refractivity contribution in [1.82, 2.24) is 0 Å². The highest BCUT2D eigenvalue weighted by Gasteiger charge is 2.23. The molecule has 0 radical (unpaired) electrons. The van der Waals surface area contributed by atoms with Crippen molar-refractivity contribution in [2.24, 2.45) is 0 Å². The van der Waals surface area contributed by atoms with Crippen LogP contribution in [0, 0.1) is 18.6 Å². The highest BCUT2D eigenvalue weighted by atomic mass is 35.5. The van der Waals surface area contributed by atoms with E-state index in [0.717, 1.165) is 40.7 Å². The smallest absolute Gasteiger partial charge is 0.181 e. The fourth-order valence-corrected chi connectivity index (χ4v) is 3.90. The molecule has 25 heavy (non-hydrogen) atoms. The van der Waals surface area contributed by atoms with E-state index in [2.05, 4.69) is 0 Å². The van der Waals surface area contributed by atoms with E-state index in [9.17, 15) is 17.2 Å². The summed E-state index contributed by atoms with van der Waals surface area (Å²) in [4.78, 5) is -0.900. The van der Waals surface area contributed by atoms with Crippen LogP contribution < -0.4 is 0 Å². The third kappa shape index (κ3) is 3.39. The second-order valence-corrected chi connectivity index (χ2v) is 8.36. The highest BCUT2D eigenvalue weighted by molar-refractivity contribution is 7.90. The first-order valence-electron chi connectivity index (χ1n) is 7.54. The maximum atomic E-state index is 14.2. The molecule has 0 saturated carbocycles. The minimum atomic E-state index is -3.98. The zero-order chi connectivity index (χ0) is 18.4. The number of halogens is 3. The molecular weight excluding hydrogens is 366 g/mol. The highest BCUT2D eigenvalue weighted by Crippen LogP contribution is 2.37. The third-order valence-corrected chi connectivity index (χ3v) is 5.67. The van der Waals surface area contributed by atoms with Crippen LogP contribution in [0.4, 0.5) is 8.78 Å². The summed E-state index contributed by atoms with van der Waals surface area (Å²) in [5, 5.41) is 0.606. The Bertz CT molecular complexity index is 1010. The number of benzene rings is 2. The standard InChI is InChI=1S/C19H15ClF2O2S/c1-11-6-7-12(8-16(11)20)14-4-3-5-15(14)13-9-17(21)19(18(22)10-13)25(2,23)24/h3-4,6-10H,5H2,1-2H3. The third-order valence-electron chi connectivity index (χ3n) is 4.13. The molecule has 3 rings (SSSR count). The molecule has 0 fully saturated rings. The molecule has 0 heterocycles. The topological polar surface area (TPSA) is 34.1 Å². The quantitative estimate of drug-likeness (QED) is 0.733. The van der Waals surface area contributed by atoms with Gasteiger partial charge in [0.25, 0.3) is 0 Å². The molecule has 1 aliphatic rings. The zero-order valence-corrected chi connectivity index (χ0v) is 15.2. The van der Waals surface area contributed by atoms with Gasteiger partial charge >= 0.3 is 0 Å². The molecule has 0 aliphatic heterocycles. The number of sulfone groups is 1. The minimum Gasteiger partial charge on any atom is -0.224 e. The second kappa shape index (κ2) is 6.39. The first kappa shape index (κ1) is 17.8. The molecule has 0 N–H and O–H groups in total. The fourth-order valence-electron chi connectivity index (χ4n) is 2.90. The first-order chi connectivity index (χ1) is 11.7. The molecule has 1 aliphatic carbocycles.